The minimum Gasteiger partial charge on any atom is -0.260 e. The summed E-state index contributed by atoms with van der Waals surface area (Å²) < 4.78 is 9.56. The lowest BCUT2D eigenvalue weighted by Gasteiger charge is -2.07. The Bertz CT molecular complexity index is 619. The van der Waals surface area contributed by atoms with Crippen molar-refractivity contribution in [3.05, 3.63) is 44.6 Å². The Morgan fingerprint density at radius 1 is 1.00 bits per heavy atom. The van der Waals surface area contributed by atoms with Gasteiger partial charge in [0.1, 0.15) is 10.8 Å². The Hall–Kier alpha value is -0.390. The van der Waals surface area contributed by atoms with Gasteiger partial charge in [-0.1, -0.05) is 52.5 Å². The molecule has 0 aliphatic heterocycles. The Balaban J connectivity index is 0.000000444. The lowest BCUT2D eigenvalue weighted by Crippen LogP contribution is -1.91. The van der Waals surface area contributed by atoms with Crippen LogP contribution in [0, 0.1) is 0 Å². The highest BCUT2D eigenvalue weighted by atomic mass is 35.5. The Morgan fingerprint density at radius 2 is 1.60 bits per heavy atom. The van der Waals surface area contributed by atoms with Crippen LogP contribution >= 0.6 is 46.4 Å². The number of nitrogens with zero attached hydrogens (tertiary/aromatic N) is 2. The molecule has 0 bridgehead atoms. The van der Waals surface area contributed by atoms with Crippen LogP contribution in [0.4, 0.5) is 0 Å². The van der Waals surface area contributed by atoms with Crippen LogP contribution < -0.4 is 0 Å². The summed E-state index contributed by atoms with van der Waals surface area (Å²) in [7, 11) is -0.611. The normalized spacial score (nSPS) is 10.2. The monoisotopic (exact) mass is 370 g/mol. The number of aromatic nitrogens is 2. The van der Waals surface area contributed by atoms with Gasteiger partial charge in [-0.2, -0.15) is 0 Å². The number of hydrogen-bond donors (Lipinski definition) is 0. The third-order valence-electron chi connectivity index (χ3n) is 1.89. The van der Waals surface area contributed by atoms with Gasteiger partial charge in [-0.3, -0.25) is 9.19 Å². The van der Waals surface area contributed by atoms with E-state index in [9.17, 15) is 4.21 Å². The lowest BCUT2D eigenvalue weighted by molar-refractivity contribution is 0.690. The highest BCUT2D eigenvalue weighted by molar-refractivity contribution is 7.83. The Kier molecular flexibility index (Phi) is 7.20. The molecule has 0 aliphatic carbocycles. The zero-order valence-corrected chi connectivity index (χ0v) is 14.4. The predicted molar refractivity (Wildman–Crippen MR) is 87.5 cm³/mol. The Labute approximate surface area is 139 Å². The molecule has 2 rings (SSSR count). The molecule has 2 aromatic heterocycles. The van der Waals surface area contributed by atoms with E-state index in [1.54, 1.807) is 30.8 Å². The van der Waals surface area contributed by atoms with Crippen LogP contribution in [0.3, 0.4) is 0 Å². The van der Waals surface area contributed by atoms with Gasteiger partial charge in [0.25, 0.3) is 0 Å². The molecule has 0 spiro atoms. The van der Waals surface area contributed by atoms with E-state index in [-0.39, 0.29) is 20.2 Å². The SMILES string of the molecule is CS(C)=O.Clc1nc(-c2ccccn2)c(Cl)c(Cl)c1Cl. The van der Waals surface area contributed by atoms with Crippen molar-refractivity contribution in [2.24, 2.45) is 0 Å². The molecule has 0 fully saturated rings. The smallest absolute Gasteiger partial charge is 0.150 e. The Morgan fingerprint density at radius 3 is 2.10 bits per heavy atom. The third-order valence-corrected chi connectivity index (χ3v) is 3.57. The molecular weight excluding hydrogens is 362 g/mol. The molecule has 20 heavy (non-hydrogen) atoms. The molecule has 0 N–H and O–H groups in total. The third kappa shape index (κ3) is 4.86. The van der Waals surface area contributed by atoms with E-state index in [1.165, 1.54) is 0 Å². The molecule has 0 aliphatic rings. The van der Waals surface area contributed by atoms with E-state index in [0.717, 1.165) is 0 Å². The van der Waals surface area contributed by atoms with Crippen LogP contribution in [0.1, 0.15) is 0 Å². The van der Waals surface area contributed by atoms with Gasteiger partial charge in [0.2, 0.25) is 0 Å². The molecule has 2 aromatic rings. The van der Waals surface area contributed by atoms with Crippen LogP contribution in [0.5, 0.6) is 0 Å². The van der Waals surface area contributed by atoms with Crippen LogP contribution in [-0.2, 0) is 10.8 Å². The van der Waals surface area contributed by atoms with E-state index in [0.29, 0.717) is 11.4 Å². The minimum atomic E-state index is -0.611. The fraction of sp³-hybridized carbons (Fsp3) is 0.167. The predicted octanol–water partition coefficient (Wildman–Crippen LogP) is 4.75. The first-order valence-corrected chi connectivity index (χ1v) is 8.68. The quantitative estimate of drug-likeness (QED) is 0.679. The molecule has 0 saturated carbocycles. The molecule has 8 heteroatoms. The molecule has 0 atom stereocenters. The van der Waals surface area contributed by atoms with Crippen molar-refractivity contribution in [1.29, 1.82) is 0 Å². The van der Waals surface area contributed by atoms with E-state index in [1.807, 2.05) is 6.07 Å². The van der Waals surface area contributed by atoms with Crippen LogP contribution in [0.25, 0.3) is 11.4 Å². The number of halogens is 4. The second-order valence-corrected chi connectivity index (χ2v) is 6.62. The maximum atomic E-state index is 9.56. The maximum Gasteiger partial charge on any atom is 0.150 e. The van der Waals surface area contributed by atoms with Gasteiger partial charge in [-0.15, -0.1) is 0 Å². The first-order chi connectivity index (χ1) is 9.34. The molecule has 0 unspecified atom stereocenters. The zero-order chi connectivity index (χ0) is 15.3. The molecule has 0 radical (unpaired) electrons. The van der Waals surface area contributed by atoms with Crippen molar-refractivity contribution in [3.8, 4) is 11.4 Å². The van der Waals surface area contributed by atoms with Crippen molar-refractivity contribution < 1.29 is 4.21 Å². The fourth-order valence-electron chi connectivity index (χ4n) is 1.16. The minimum absolute atomic E-state index is 0.108. The van der Waals surface area contributed by atoms with E-state index in [4.69, 9.17) is 46.4 Å². The van der Waals surface area contributed by atoms with Gasteiger partial charge >= 0.3 is 0 Å². The van der Waals surface area contributed by atoms with Crippen LogP contribution in [0.15, 0.2) is 24.4 Å². The summed E-state index contributed by atoms with van der Waals surface area (Å²) in [6.45, 7) is 0. The second-order valence-electron chi connectivity index (χ2n) is 3.65. The molecule has 0 amide bonds. The highest BCUT2D eigenvalue weighted by Crippen LogP contribution is 2.39. The lowest BCUT2D eigenvalue weighted by atomic mass is 10.2. The average Bonchev–Trinajstić information content (AvgIpc) is 2.41. The van der Waals surface area contributed by atoms with Gasteiger partial charge in [-0.25, -0.2) is 4.98 Å². The van der Waals surface area contributed by atoms with E-state index >= 15 is 0 Å². The molecule has 0 saturated heterocycles. The van der Waals surface area contributed by atoms with Gasteiger partial charge < -0.3 is 0 Å². The van der Waals surface area contributed by atoms with Crippen molar-refractivity contribution in [1.82, 2.24) is 9.97 Å². The molecule has 0 aromatic carbocycles. The molecular formula is C12H10Cl4N2OS. The summed E-state index contributed by atoms with van der Waals surface area (Å²) in [6, 6.07) is 5.36. The summed E-state index contributed by atoms with van der Waals surface area (Å²) >= 11 is 23.6. The van der Waals surface area contributed by atoms with Gasteiger partial charge in [0.15, 0.2) is 0 Å². The summed E-state index contributed by atoms with van der Waals surface area (Å²) in [4.78, 5) is 8.17. The van der Waals surface area contributed by atoms with E-state index in [2.05, 4.69) is 9.97 Å². The van der Waals surface area contributed by atoms with Gasteiger partial charge in [0, 0.05) is 29.5 Å². The number of hydrogen-bond acceptors (Lipinski definition) is 3. The molecule has 108 valence electrons. The summed E-state index contributed by atoms with van der Waals surface area (Å²) in [6.07, 6.45) is 4.91. The van der Waals surface area contributed by atoms with Crippen molar-refractivity contribution >= 4 is 57.2 Å². The first kappa shape index (κ1) is 17.7. The largest absolute Gasteiger partial charge is 0.260 e. The topological polar surface area (TPSA) is 42.9 Å². The van der Waals surface area contributed by atoms with Crippen molar-refractivity contribution in [2.75, 3.05) is 12.5 Å². The highest BCUT2D eigenvalue weighted by Gasteiger charge is 2.16. The molecule has 2 heterocycles. The first-order valence-electron chi connectivity index (χ1n) is 5.21. The fourth-order valence-corrected chi connectivity index (χ4v) is 1.98. The molecule has 3 nitrogen and oxygen atoms in total. The summed E-state index contributed by atoms with van der Waals surface area (Å²) in [5, 5.41) is 0.684. The van der Waals surface area contributed by atoms with E-state index < -0.39 is 10.8 Å². The van der Waals surface area contributed by atoms with Crippen LogP contribution in [0.2, 0.25) is 20.2 Å². The van der Waals surface area contributed by atoms with Gasteiger partial charge in [-0.05, 0) is 12.1 Å². The standard InChI is InChI=1S/C10H4Cl4N2.C2H6OS/c11-6-7(12)9(16-10(14)8(6)13)5-3-1-2-4-15-5;1-4(2)3/h1-4H;1-2H3. The van der Waals surface area contributed by atoms with Crippen LogP contribution in [-0.4, -0.2) is 26.7 Å². The van der Waals surface area contributed by atoms with Crippen molar-refractivity contribution in [2.45, 2.75) is 0 Å². The van der Waals surface area contributed by atoms with Gasteiger partial charge in [0.05, 0.1) is 20.8 Å². The number of rotatable bonds is 1. The average molecular weight is 372 g/mol. The second kappa shape index (κ2) is 8.15. The number of pyridine rings is 2. The van der Waals surface area contributed by atoms with Crippen molar-refractivity contribution in [3.63, 3.8) is 0 Å². The summed E-state index contributed by atoms with van der Waals surface area (Å²) in [5.74, 6) is 0. The maximum absolute atomic E-state index is 9.56. The zero-order valence-electron chi connectivity index (χ0n) is 10.5. The summed E-state index contributed by atoms with van der Waals surface area (Å²) in [5.41, 5.74) is 1.01.